The van der Waals surface area contributed by atoms with Crippen molar-refractivity contribution in [1.82, 2.24) is 0 Å². The zero-order chi connectivity index (χ0) is 16.6. The number of amidine groups is 1. The zero-order valence-corrected chi connectivity index (χ0v) is 15.9. The van der Waals surface area contributed by atoms with Crippen molar-refractivity contribution in [3.63, 3.8) is 0 Å². The molecule has 2 heterocycles. The summed E-state index contributed by atoms with van der Waals surface area (Å²) in [5.74, 6) is 1.24. The molecule has 0 N–H and O–H groups in total. The van der Waals surface area contributed by atoms with Gasteiger partial charge in [0.25, 0.3) is 0 Å². The Bertz CT molecular complexity index is 737. The standard InChI is InChI=1S/C15H18Cl2N2O2S2/c1-2-3-6-22-15-18-13-8-23(20,21)9-14(13)19(15)10-4-5-11(16)12(17)7-10/h4-5,7,13-14H,2-3,6,8-9H2,1H3. The fraction of sp³-hybridized carbons (Fsp3) is 0.533. The van der Waals surface area contributed by atoms with E-state index in [9.17, 15) is 8.42 Å². The van der Waals surface area contributed by atoms with Crippen molar-refractivity contribution in [1.29, 1.82) is 0 Å². The van der Waals surface area contributed by atoms with Crippen molar-refractivity contribution in [3.05, 3.63) is 28.2 Å². The number of sulfone groups is 1. The summed E-state index contributed by atoms with van der Waals surface area (Å²) in [6.07, 6.45) is 2.22. The minimum Gasteiger partial charge on any atom is -0.315 e. The molecule has 0 aromatic heterocycles. The minimum atomic E-state index is -3.03. The second kappa shape index (κ2) is 6.82. The Morgan fingerprint density at radius 3 is 2.78 bits per heavy atom. The first-order valence-electron chi connectivity index (χ1n) is 7.56. The molecule has 0 saturated carbocycles. The van der Waals surface area contributed by atoms with Gasteiger partial charge in [-0.3, -0.25) is 4.99 Å². The van der Waals surface area contributed by atoms with Crippen LogP contribution in [0.15, 0.2) is 23.2 Å². The highest BCUT2D eigenvalue weighted by atomic mass is 35.5. The number of halogens is 2. The average molecular weight is 393 g/mol. The SMILES string of the molecule is CCCCSC1=NC2CS(=O)(=O)CC2N1c1ccc(Cl)c(Cl)c1. The van der Waals surface area contributed by atoms with Crippen molar-refractivity contribution in [2.75, 3.05) is 22.2 Å². The van der Waals surface area contributed by atoms with Crippen molar-refractivity contribution < 1.29 is 8.42 Å². The largest absolute Gasteiger partial charge is 0.315 e. The van der Waals surface area contributed by atoms with Gasteiger partial charge >= 0.3 is 0 Å². The fourth-order valence-corrected chi connectivity index (χ4v) is 6.22. The van der Waals surface area contributed by atoms with Crippen molar-refractivity contribution in [2.45, 2.75) is 31.8 Å². The second-order valence-corrected chi connectivity index (χ2v) is 9.82. The van der Waals surface area contributed by atoms with Gasteiger partial charge in [0.2, 0.25) is 0 Å². The van der Waals surface area contributed by atoms with Gasteiger partial charge in [-0.05, 0) is 24.6 Å². The predicted molar refractivity (Wildman–Crippen MR) is 100.0 cm³/mol. The maximum Gasteiger partial charge on any atom is 0.164 e. The van der Waals surface area contributed by atoms with Crippen LogP contribution in [0.4, 0.5) is 5.69 Å². The lowest BCUT2D eigenvalue weighted by Crippen LogP contribution is -2.39. The summed E-state index contributed by atoms with van der Waals surface area (Å²) in [7, 11) is -3.03. The lowest BCUT2D eigenvalue weighted by molar-refractivity contribution is 0.601. The van der Waals surface area contributed by atoms with E-state index < -0.39 is 9.84 Å². The highest BCUT2D eigenvalue weighted by molar-refractivity contribution is 8.14. The highest BCUT2D eigenvalue weighted by Gasteiger charge is 2.47. The van der Waals surface area contributed by atoms with Gasteiger partial charge < -0.3 is 4.90 Å². The summed E-state index contributed by atoms with van der Waals surface area (Å²) in [6, 6.07) is 5.08. The molecular formula is C15H18Cl2N2O2S2. The molecule has 2 aliphatic heterocycles. The summed E-state index contributed by atoms with van der Waals surface area (Å²) in [5.41, 5.74) is 0.853. The van der Waals surface area contributed by atoms with E-state index in [0.29, 0.717) is 10.0 Å². The molecule has 2 aliphatic rings. The molecule has 1 fully saturated rings. The summed E-state index contributed by atoms with van der Waals surface area (Å²) in [5, 5.41) is 1.84. The second-order valence-electron chi connectivity index (χ2n) is 5.79. The Kier molecular flexibility index (Phi) is 5.16. The number of hydrogen-bond donors (Lipinski definition) is 0. The molecular weight excluding hydrogens is 375 g/mol. The number of rotatable bonds is 4. The normalized spacial score (nSPS) is 25.5. The van der Waals surface area contributed by atoms with Gasteiger partial charge in [0.1, 0.15) is 0 Å². The van der Waals surface area contributed by atoms with Gasteiger partial charge in [0.15, 0.2) is 15.0 Å². The maximum atomic E-state index is 12.0. The lowest BCUT2D eigenvalue weighted by atomic mass is 10.1. The average Bonchev–Trinajstić information content (AvgIpc) is 2.93. The van der Waals surface area contributed by atoms with Gasteiger partial charge in [0, 0.05) is 11.4 Å². The maximum absolute atomic E-state index is 12.0. The van der Waals surface area contributed by atoms with E-state index in [2.05, 4.69) is 11.9 Å². The van der Waals surface area contributed by atoms with Gasteiger partial charge in [-0.2, -0.15) is 0 Å². The third-order valence-electron chi connectivity index (χ3n) is 4.02. The number of benzene rings is 1. The molecule has 2 unspecified atom stereocenters. The van der Waals surface area contributed by atoms with E-state index in [-0.39, 0.29) is 23.6 Å². The van der Waals surface area contributed by atoms with Crippen LogP contribution in [0, 0.1) is 0 Å². The van der Waals surface area contributed by atoms with Crippen LogP contribution in [0.2, 0.25) is 10.0 Å². The van der Waals surface area contributed by atoms with E-state index in [4.69, 9.17) is 23.2 Å². The Balaban J connectivity index is 1.92. The zero-order valence-electron chi connectivity index (χ0n) is 12.7. The van der Waals surface area contributed by atoms with Crippen molar-refractivity contribution >= 4 is 55.7 Å². The summed E-state index contributed by atoms with van der Waals surface area (Å²) in [4.78, 5) is 6.70. The number of hydrogen-bond acceptors (Lipinski definition) is 5. The topological polar surface area (TPSA) is 49.7 Å². The third kappa shape index (κ3) is 3.65. The number of nitrogens with zero attached hydrogens (tertiary/aromatic N) is 2. The Morgan fingerprint density at radius 1 is 1.30 bits per heavy atom. The molecule has 3 rings (SSSR count). The summed E-state index contributed by atoms with van der Waals surface area (Å²) in [6.45, 7) is 2.15. The van der Waals surface area contributed by atoms with Crippen molar-refractivity contribution in [3.8, 4) is 0 Å². The summed E-state index contributed by atoms with van der Waals surface area (Å²) >= 11 is 13.8. The van der Waals surface area contributed by atoms with Gasteiger partial charge in [-0.25, -0.2) is 8.42 Å². The van der Waals surface area contributed by atoms with Crippen molar-refractivity contribution in [2.24, 2.45) is 4.99 Å². The molecule has 0 bridgehead atoms. The first-order chi connectivity index (χ1) is 10.9. The van der Waals surface area contributed by atoms with E-state index in [1.165, 1.54) is 0 Å². The van der Waals surface area contributed by atoms with E-state index in [1.807, 2.05) is 11.0 Å². The van der Waals surface area contributed by atoms with E-state index >= 15 is 0 Å². The molecule has 8 heteroatoms. The quantitative estimate of drug-likeness (QED) is 0.729. The molecule has 126 valence electrons. The summed E-state index contributed by atoms with van der Waals surface area (Å²) < 4.78 is 23.9. The van der Waals surface area contributed by atoms with Gasteiger partial charge in [-0.1, -0.05) is 48.3 Å². The van der Waals surface area contributed by atoms with Crippen LogP contribution in [-0.4, -0.2) is 42.9 Å². The number of aliphatic imine (C=N–C) groups is 1. The van der Waals surface area contributed by atoms with E-state index in [0.717, 1.165) is 29.4 Å². The van der Waals surface area contributed by atoms with Crippen LogP contribution >= 0.6 is 35.0 Å². The monoisotopic (exact) mass is 392 g/mol. The Hall–Kier alpha value is -0.430. The van der Waals surface area contributed by atoms with E-state index in [1.54, 1.807) is 23.9 Å². The molecule has 23 heavy (non-hydrogen) atoms. The van der Waals surface area contributed by atoms with Gasteiger partial charge in [0.05, 0.1) is 33.6 Å². The molecule has 1 aromatic carbocycles. The number of anilines is 1. The highest BCUT2D eigenvalue weighted by Crippen LogP contribution is 2.37. The van der Waals surface area contributed by atoms with Crippen LogP contribution in [0.5, 0.6) is 0 Å². The van der Waals surface area contributed by atoms with Crippen LogP contribution in [0.1, 0.15) is 19.8 Å². The Labute approximate surface area is 151 Å². The number of unbranched alkanes of at least 4 members (excludes halogenated alkanes) is 1. The van der Waals surface area contributed by atoms with Crippen LogP contribution in [-0.2, 0) is 9.84 Å². The fourth-order valence-electron chi connectivity index (χ4n) is 2.88. The third-order valence-corrected chi connectivity index (χ3v) is 7.51. The molecule has 1 aromatic rings. The minimum absolute atomic E-state index is 0.132. The Morgan fingerprint density at radius 2 is 2.09 bits per heavy atom. The molecule has 4 nitrogen and oxygen atoms in total. The molecule has 1 saturated heterocycles. The predicted octanol–water partition coefficient (Wildman–Crippen LogP) is 3.87. The van der Waals surface area contributed by atoms with Crippen LogP contribution in [0.25, 0.3) is 0 Å². The smallest absolute Gasteiger partial charge is 0.164 e. The molecule has 0 radical (unpaired) electrons. The van der Waals surface area contributed by atoms with Crippen LogP contribution < -0.4 is 4.90 Å². The first kappa shape index (κ1) is 17.4. The number of thioether (sulfide) groups is 1. The molecule has 2 atom stereocenters. The van der Waals surface area contributed by atoms with Gasteiger partial charge in [-0.15, -0.1) is 0 Å². The van der Waals surface area contributed by atoms with Crippen LogP contribution in [0.3, 0.4) is 0 Å². The first-order valence-corrected chi connectivity index (χ1v) is 11.1. The number of fused-ring (bicyclic) bond motifs is 1. The lowest BCUT2D eigenvalue weighted by Gasteiger charge is -2.26. The molecule has 0 spiro atoms. The molecule has 0 amide bonds. The molecule has 0 aliphatic carbocycles.